The number of hydrogen-bond acceptors (Lipinski definition) is 4. The van der Waals surface area contributed by atoms with Crippen LogP contribution in [0.15, 0.2) is 36.7 Å². The minimum Gasteiger partial charge on any atom is -0.305 e. The molecule has 1 atom stereocenters. The molecule has 1 unspecified atom stereocenters. The molecule has 0 saturated heterocycles. The van der Waals surface area contributed by atoms with E-state index in [1.165, 1.54) is 12.1 Å². The smallest absolute Gasteiger partial charge is 0.123 e. The van der Waals surface area contributed by atoms with Crippen LogP contribution in [0.4, 0.5) is 4.39 Å². The van der Waals surface area contributed by atoms with E-state index in [4.69, 9.17) is 0 Å². The van der Waals surface area contributed by atoms with Gasteiger partial charge in [0.25, 0.3) is 0 Å². The van der Waals surface area contributed by atoms with E-state index in [2.05, 4.69) is 20.7 Å². The average molecular weight is 314 g/mol. The normalized spacial score (nSPS) is 12.5. The summed E-state index contributed by atoms with van der Waals surface area (Å²) < 4.78 is 16.5. The lowest BCUT2D eigenvalue weighted by atomic mass is 10.2. The molecule has 0 radical (unpaired) electrons. The topological polar surface area (TPSA) is 60.6 Å². The Morgan fingerprint density at radius 1 is 1.26 bits per heavy atom. The fraction of sp³-hybridized carbons (Fsp3) is 0.312. The third-order valence-electron chi connectivity index (χ3n) is 3.78. The molecule has 0 fully saturated rings. The highest BCUT2D eigenvalue weighted by atomic mass is 19.1. The second kappa shape index (κ2) is 6.29. The van der Waals surface area contributed by atoms with E-state index in [1.54, 1.807) is 21.5 Å². The van der Waals surface area contributed by atoms with Gasteiger partial charge in [-0.2, -0.15) is 5.10 Å². The van der Waals surface area contributed by atoms with Crippen LogP contribution in [0.5, 0.6) is 0 Å². The van der Waals surface area contributed by atoms with Gasteiger partial charge in [-0.25, -0.2) is 9.07 Å². The number of nitrogens with one attached hydrogen (secondary N) is 1. The highest BCUT2D eigenvalue weighted by Gasteiger charge is 2.16. The summed E-state index contributed by atoms with van der Waals surface area (Å²) in [6.07, 6.45) is 3.81. The lowest BCUT2D eigenvalue weighted by molar-refractivity contribution is 0.557. The lowest BCUT2D eigenvalue weighted by Gasteiger charge is -2.11. The predicted octanol–water partition coefficient (Wildman–Crippen LogP) is 2.30. The molecule has 1 aromatic carbocycles. The van der Waals surface area contributed by atoms with E-state index in [9.17, 15) is 4.39 Å². The number of nitrogens with zero attached hydrogens (tertiary/aromatic N) is 5. The molecule has 0 bridgehead atoms. The Balaban J connectivity index is 1.74. The first-order chi connectivity index (χ1) is 11.0. The fourth-order valence-corrected chi connectivity index (χ4v) is 2.50. The molecule has 0 aliphatic carbocycles. The van der Waals surface area contributed by atoms with Crippen molar-refractivity contribution in [1.29, 1.82) is 0 Å². The molecule has 0 aliphatic rings. The monoisotopic (exact) mass is 314 g/mol. The van der Waals surface area contributed by atoms with Crippen molar-refractivity contribution in [3.8, 4) is 5.69 Å². The molecule has 6 nitrogen and oxygen atoms in total. The maximum Gasteiger partial charge on any atom is 0.123 e. The van der Waals surface area contributed by atoms with Crippen molar-refractivity contribution in [1.82, 2.24) is 30.1 Å². The van der Waals surface area contributed by atoms with Crippen molar-refractivity contribution in [3.05, 3.63) is 59.4 Å². The van der Waals surface area contributed by atoms with E-state index in [1.807, 2.05) is 33.3 Å². The molecule has 23 heavy (non-hydrogen) atoms. The van der Waals surface area contributed by atoms with Gasteiger partial charge in [-0.05, 0) is 38.1 Å². The molecule has 1 N–H and O–H groups in total. The first-order valence-electron chi connectivity index (χ1n) is 7.43. The minimum absolute atomic E-state index is 0.0457. The maximum atomic E-state index is 13.0. The lowest BCUT2D eigenvalue weighted by Crippen LogP contribution is -2.19. The van der Waals surface area contributed by atoms with Gasteiger partial charge in [-0.15, -0.1) is 5.10 Å². The van der Waals surface area contributed by atoms with E-state index in [-0.39, 0.29) is 11.9 Å². The standard InChI is InChI=1S/C16H19FN6/c1-11(18-8-13-9-19-22(3)10-13)16-12(2)23(21-20-16)15-6-4-14(17)5-7-15/h4-7,9-11,18H,8H2,1-3H3. The summed E-state index contributed by atoms with van der Waals surface area (Å²) in [6, 6.07) is 6.26. The summed E-state index contributed by atoms with van der Waals surface area (Å²) >= 11 is 0. The molecular formula is C16H19FN6. The molecule has 0 spiro atoms. The van der Waals surface area contributed by atoms with E-state index >= 15 is 0 Å². The van der Waals surface area contributed by atoms with Crippen LogP contribution < -0.4 is 5.32 Å². The van der Waals surface area contributed by atoms with Crippen molar-refractivity contribution in [2.75, 3.05) is 0 Å². The molecule has 7 heteroatoms. The molecule has 2 aromatic heterocycles. The first kappa shape index (κ1) is 15.4. The van der Waals surface area contributed by atoms with Crippen molar-refractivity contribution in [3.63, 3.8) is 0 Å². The molecule has 2 heterocycles. The minimum atomic E-state index is -0.266. The van der Waals surface area contributed by atoms with E-state index in [0.29, 0.717) is 6.54 Å². The quantitative estimate of drug-likeness (QED) is 0.785. The van der Waals surface area contributed by atoms with Crippen LogP contribution in [0.3, 0.4) is 0 Å². The van der Waals surface area contributed by atoms with Gasteiger partial charge < -0.3 is 5.32 Å². The zero-order chi connectivity index (χ0) is 16.4. The molecule has 3 rings (SSSR count). The van der Waals surface area contributed by atoms with Crippen LogP contribution in [0, 0.1) is 12.7 Å². The van der Waals surface area contributed by atoms with Gasteiger partial charge in [0.1, 0.15) is 11.5 Å². The van der Waals surface area contributed by atoms with Gasteiger partial charge >= 0.3 is 0 Å². The summed E-state index contributed by atoms with van der Waals surface area (Å²) in [5.74, 6) is -0.266. The van der Waals surface area contributed by atoms with E-state index < -0.39 is 0 Å². The second-order valence-electron chi connectivity index (χ2n) is 5.57. The van der Waals surface area contributed by atoms with Crippen molar-refractivity contribution in [2.45, 2.75) is 26.4 Å². The van der Waals surface area contributed by atoms with Crippen LogP contribution in [-0.2, 0) is 13.6 Å². The highest BCUT2D eigenvalue weighted by Crippen LogP contribution is 2.18. The van der Waals surface area contributed by atoms with Gasteiger partial charge in [0.05, 0.1) is 23.6 Å². The van der Waals surface area contributed by atoms with Crippen LogP contribution in [0.25, 0.3) is 5.69 Å². The van der Waals surface area contributed by atoms with Gasteiger partial charge in [0.2, 0.25) is 0 Å². The Kier molecular flexibility index (Phi) is 4.20. The maximum absolute atomic E-state index is 13.0. The SMILES string of the molecule is Cc1c(C(C)NCc2cnn(C)c2)nnn1-c1ccc(F)cc1. The Morgan fingerprint density at radius 2 is 2.00 bits per heavy atom. The summed E-state index contributed by atoms with van der Waals surface area (Å²) in [6.45, 7) is 4.71. The Labute approximate surface area is 133 Å². The second-order valence-corrected chi connectivity index (χ2v) is 5.57. The summed E-state index contributed by atoms with van der Waals surface area (Å²) in [5, 5.41) is 16.0. The van der Waals surface area contributed by atoms with Crippen LogP contribution >= 0.6 is 0 Å². The van der Waals surface area contributed by atoms with Crippen LogP contribution in [0.1, 0.15) is 29.9 Å². The zero-order valence-electron chi connectivity index (χ0n) is 13.4. The summed E-state index contributed by atoms with van der Waals surface area (Å²) in [5.41, 5.74) is 3.71. The zero-order valence-corrected chi connectivity index (χ0v) is 13.4. The first-order valence-corrected chi connectivity index (χ1v) is 7.43. The molecule has 0 aliphatic heterocycles. The summed E-state index contributed by atoms with van der Waals surface area (Å²) in [7, 11) is 1.89. The Bertz CT molecular complexity index is 789. The number of rotatable bonds is 5. The van der Waals surface area contributed by atoms with Crippen molar-refractivity contribution < 1.29 is 4.39 Å². The van der Waals surface area contributed by atoms with Crippen molar-refractivity contribution in [2.24, 2.45) is 7.05 Å². The van der Waals surface area contributed by atoms with Gasteiger partial charge in [0, 0.05) is 25.4 Å². The number of aromatic nitrogens is 5. The number of halogens is 1. The summed E-state index contributed by atoms with van der Waals surface area (Å²) in [4.78, 5) is 0. The average Bonchev–Trinajstić information content (AvgIpc) is 3.12. The molecular weight excluding hydrogens is 295 g/mol. The Hall–Kier alpha value is -2.54. The number of hydrogen-bond donors (Lipinski definition) is 1. The third-order valence-corrected chi connectivity index (χ3v) is 3.78. The largest absolute Gasteiger partial charge is 0.305 e. The molecule has 0 saturated carbocycles. The third kappa shape index (κ3) is 3.29. The van der Waals surface area contributed by atoms with Gasteiger partial charge in [-0.1, -0.05) is 5.21 Å². The highest BCUT2D eigenvalue weighted by molar-refractivity contribution is 5.33. The molecule has 0 amide bonds. The van der Waals surface area contributed by atoms with E-state index in [0.717, 1.165) is 22.6 Å². The number of aryl methyl sites for hydroxylation is 1. The van der Waals surface area contributed by atoms with Gasteiger partial charge in [-0.3, -0.25) is 4.68 Å². The van der Waals surface area contributed by atoms with Crippen LogP contribution in [-0.4, -0.2) is 24.8 Å². The van der Waals surface area contributed by atoms with Crippen LogP contribution in [0.2, 0.25) is 0 Å². The fourth-order valence-electron chi connectivity index (χ4n) is 2.50. The Morgan fingerprint density at radius 3 is 2.65 bits per heavy atom. The van der Waals surface area contributed by atoms with Crippen molar-refractivity contribution >= 4 is 0 Å². The molecule has 3 aromatic rings. The predicted molar refractivity (Wildman–Crippen MR) is 84.5 cm³/mol. The number of benzene rings is 1. The van der Waals surface area contributed by atoms with Gasteiger partial charge in [0.15, 0.2) is 0 Å². The molecule has 120 valence electrons.